The summed E-state index contributed by atoms with van der Waals surface area (Å²) in [5.41, 5.74) is 4.88. The third kappa shape index (κ3) is 3.92. The van der Waals surface area contributed by atoms with E-state index in [-0.39, 0.29) is 0 Å². The Balaban J connectivity index is 2.34. The van der Waals surface area contributed by atoms with Crippen molar-refractivity contribution in [3.63, 3.8) is 0 Å². The van der Waals surface area contributed by atoms with Crippen molar-refractivity contribution in [2.24, 2.45) is 5.73 Å². The zero-order valence-corrected chi connectivity index (χ0v) is 3.90. The highest BCUT2D eigenvalue weighted by atomic mass is 16.5. The van der Waals surface area contributed by atoms with Crippen molar-refractivity contribution in [2.75, 3.05) is 13.7 Å². The molecule has 6 heavy (non-hydrogen) atoms. The van der Waals surface area contributed by atoms with Crippen LogP contribution in [-0.2, 0) is 4.74 Å². The fourth-order valence-electron chi connectivity index (χ4n) is 0.161. The summed E-state index contributed by atoms with van der Waals surface area (Å²) in [5.74, 6) is 0. The Kier molecular flexibility index (Phi) is 4.85. The molecule has 0 aromatic heterocycles. The molecule has 0 aliphatic heterocycles. The van der Waals surface area contributed by atoms with E-state index in [0.717, 1.165) is 6.42 Å². The molecule has 2 heteroatoms. The van der Waals surface area contributed by atoms with E-state index in [4.69, 9.17) is 5.73 Å². The van der Waals surface area contributed by atoms with Crippen LogP contribution in [0.4, 0.5) is 0 Å². The fraction of sp³-hybridized carbons (Fsp3) is 0.750. The molecule has 0 saturated heterocycles. The first kappa shape index (κ1) is 5.92. The standard InChI is InChI=1S/C4H9NO/c1-6-4-2-3-5/h2,4-5H2,1H3. The van der Waals surface area contributed by atoms with Gasteiger partial charge in [0.15, 0.2) is 0 Å². The van der Waals surface area contributed by atoms with Gasteiger partial charge in [0.2, 0.25) is 0 Å². The van der Waals surface area contributed by atoms with Crippen LogP contribution < -0.4 is 5.73 Å². The third-order valence-electron chi connectivity index (χ3n) is 0.451. The average Bonchev–Trinajstić information content (AvgIpc) is 1.61. The van der Waals surface area contributed by atoms with Gasteiger partial charge in [-0.1, -0.05) is 0 Å². The van der Waals surface area contributed by atoms with Crippen LogP contribution in [0.2, 0.25) is 0 Å². The molecular formula is C4H9NO. The Bertz CT molecular complexity index is 19.5. The molecule has 2 radical (unpaired) electrons. The molecule has 0 spiro atoms. The second-order valence-corrected chi connectivity index (χ2v) is 0.947. The molecule has 0 rings (SSSR count). The van der Waals surface area contributed by atoms with Gasteiger partial charge in [0.05, 0.1) is 6.54 Å². The van der Waals surface area contributed by atoms with Crippen LogP contribution in [0.25, 0.3) is 0 Å². The summed E-state index contributed by atoms with van der Waals surface area (Å²) in [6.45, 7) is 3.12. The quantitative estimate of drug-likeness (QED) is 0.389. The monoisotopic (exact) mass is 87.1 g/mol. The van der Waals surface area contributed by atoms with E-state index >= 15 is 0 Å². The predicted octanol–water partition coefficient (Wildman–Crippen LogP) is 0.0204. The molecule has 0 heterocycles. The number of hydrogen-bond acceptors (Lipinski definition) is 2. The van der Waals surface area contributed by atoms with Crippen molar-refractivity contribution < 1.29 is 4.74 Å². The lowest BCUT2D eigenvalue weighted by Crippen LogP contribution is -1.94. The lowest BCUT2D eigenvalue weighted by molar-refractivity contribution is 0.201. The molecule has 0 unspecified atom stereocenters. The predicted molar refractivity (Wildman–Crippen MR) is 23.9 cm³/mol. The number of hydrogen-bond donors (Lipinski definition) is 1. The Morgan fingerprint density at radius 2 is 2.50 bits per heavy atom. The molecule has 2 N–H and O–H groups in total. The topological polar surface area (TPSA) is 35.2 Å². The minimum atomic E-state index is 0.677. The lowest BCUT2D eigenvalue weighted by Gasteiger charge is -1.88. The van der Waals surface area contributed by atoms with Gasteiger partial charge < -0.3 is 10.5 Å². The smallest absolute Gasteiger partial charge is 0.0580 e. The Hall–Kier alpha value is -0.0800. The summed E-state index contributed by atoms with van der Waals surface area (Å²) in [6, 6.07) is 0. The van der Waals surface area contributed by atoms with Gasteiger partial charge >= 0.3 is 0 Å². The van der Waals surface area contributed by atoms with Crippen molar-refractivity contribution in [3.05, 3.63) is 6.54 Å². The zero-order valence-electron chi connectivity index (χ0n) is 3.90. The minimum Gasteiger partial charge on any atom is -0.385 e. The van der Waals surface area contributed by atoms with E-state index in [1.165, 1.54) is 0 Å². The maximum atomic E-state index is 4.88. The van der Waals surface area contributed by atoms with Crippen molar-refractivity contribution in [2.45, 2.75) is 6.42 Å². The fourth-order valence-corrected chi connectivity index (χ4v) is 0.161. The molecule has 0 fully saturated rings. The first-order valence-corrected chi connectivity index (χ1v) is 1.84. The summed E-state index contributed by atoms with van der Waals surface area (Å²) in [6.07, 6.45) is 0.719. The van der Waals surface area contributed by atoms with E-state index in [1.54, 1.807) is 7.11 Å². The first-order chi connectivity index (χ1) is 2.91. The molecule has 2 nitrogen and oxygen atoms in total. The van der Waals surface area contributed by atoms with Crippen LogP contribution in [-0.4, -0.2) is 13.7 Å². The highest BCUT2D eigenvalue weighted by molar-refractivity contribution is 4.49. The van der Waals surface area contributed by atoms with Gasteiger partial charge in [0.1, 0.15) is 0 Å². The highest BCUT2D eigenvalue weighted by Gasteiger charge is 1.76. The molecule has 0 bridgehead atoms. The van der Waals surface area contributed by atoms with Crippen LogP contribution in [0.5, 0.6) is 0 Å². The van der Waals surface area contributed by atoms with Gasteiger partial charge in [0, 0.05) is 13.7 Å². The summed E-state index contributed by atoms with van der Waals surface area (Å²) in [5, 5.41) is 0. The SMILES string of the molecule is COCC[C]N. The highest BCUT2D eigenvalue weighted by Crippen LogP contribution is 1.75. The first-order valence-electron chi connectivity index (χ1n) is 1.84. The van der Waals surface area contributed by atoms with Crippen molar-refractivity contribution in [1.29, 1.82) is 0 Å². The van der Waals surface area contributed by atoms with Crippen LogP contribution in [0, 0.1) is 6.54 Å². The minimum absolute atomic E-state index is 0.677. The van der Waals surface area contributed by atoms with Crippen LogP contribution in [0.1, 0.15) is 6.42 Å². The molecule has 0 saturated carbocycles. The number of rotatable bonds is 3. The molecule has 0 aromatic carbocycles. The summed E-state index contributed by atoms with van der Waals surface area (Å²) >= 11 is 0. The Morgan fingerprint density at radius 1 is 1.83 bits per heavy atom. The second-order valence-electron chi connectivity index (χ2n) is 0.947. The zero-order chi connectivity index (χ0) is 4.83. The van der Waals surface area contributed by atoms with Crippen LogP contribution >= 0.6 is 0 Å². The normalized spacial score (nSPS) is 9.00. The number of nitrogens with two attached hydrogens (primary N) is 1. The van der Waals surface area contributed by atoms with Gasteiger partial charge in [-0.05, 0) is 6.42 Å². The summed E-state index contributed by atoms with van der Waals surface area (Å²) < 4.78 is 4.64. The van der Waals surface area contributed by atoms with Gasteiger partial charge in [-0.3, -0.25) is 0 Å². The molecular weight excluding hydrogens is 78.0 g/mol. The van der Waals surface area contributed by atoms with Crippen molar-refractivity contribution in [1.82, 2.24) is 0 Å². The Labute approximate surface area is 38.3 Å². The molecule has 0 aliphatic carbocycles. The number of methoxy groups -OCH3 is 1. The van der Waals surface area contributed by atoms with Crippen LogP contribution in [0.15, 0.2) is 0 Å². The molecule has 36 valence electrons. The van der Waals surface area contributed by atoms with E-state index in [0.29, 0.717) is 6.61 Å². The molecule has 0 atom stereocenters. The van der Waals surface area contributed by atoms with Crippen molar-refractivity contribution in [3.8, 4) is 0 Å². The van der Waals surface area contributed by atoms with Gasteiger partial charge in [0.25, 0.3) is 0 Å². The second kappa shape index (κ2) is 4.92. The summed E-state index contributed by atoms with van der Waals surface area (Å²) in [7, 11) is 1.64. The maximum absolute atomic E-state index is 4.88. The van der Waals surface area contributed by atoms with E-state index in [1.807, 2.05) is 0 Å². The lowest BCUT2D eigenvalue weighted by atomic mass is 10.5. The maximum Gasteiger partial charge on any atom is 0.0580 e. The van der Waals surface area contributed by atoms with E-state index in [2.05, 4.69) is 11.3 Å². The van der Waals surface area contributed by atoms with E-state index in [9.17, 15) is 0 Å². The molecule has 0 aromatic rings. The van der Waals surface area contributed by atoms with Gasteiger partial charge in [-0.25, -0.2) is 0 Å². The van der Waals surface area contributed by atoms with Crippen molar-refractivity contribution >= 4 is 0 Å². The Morgan fingerprint density at radius 3 is 2.67 bits per heavy atom. The third-order valence-corrected chi connectivity index (χ3v) is 0.451. The molecule has 0 amide bonds. The van der Waals surface area contributed by atoms with E-state index < -0.39 is 0 Å². The van der Waals surface area contributed by atoms with Crippen LogP contribution in [0.3, 0.4) is 0 Å². The number of ether oxygens (including phenoxy) is 1. The summed E-state index contributed by atoms with van der Waals surface area (Å²) in [4.78, 5) is 0. The van der Waals surface area contributed by atoms with Gasteiger partial charge in [-0.2, -0.15) is 0 Å². The van der Waals surface area contributed by atoms with Gasteiger partial charge in [-0.15, -0.1) is 0 Å². The molecule has 0 aliphatic rings. The average molecular weight is 87.1 g/mol. The largest absolute Gasteiger partial charge is 0.385 e.